The molecule has 4 rings (SSSR count). The van der Waals surface area contributed by atoms with E-state index in [1.54, 1.807) is 5.51 Å². The molecule has 1 saturated heterocycles. The first-order valence-electron chi connectivity index (χ1n) is 9.21. The smallest absolute Gasteiger partial charge is 0.308 e. The Kier molecular flexibility index (Phi) is 5.07. The second kappa shape index (κ2) is 7.47. The van der Waals surface area contributed by atoms with Crippen LogP contribution in [0.1, 0.15) is 29.7 Å². The molecule has 2 aliphatic rings. The molecular weight excluding hydrogens is 348 g/mol. The Morgan fingerprint density at radius 2 is 2.15 bits per heavy atom. The van der Waals surface area contributed by atoms with Gasteiger partial charge < -0.3 is 14.7 Å². The van der Waals surface area contributed by atoms with E-state index in [1.807, 2.05) is 5.38 Å². The molecule has 1 spiro atoms. The number of thiazole rings is 1. The largest absolute Gasteiger partial charge is 0.481 e. The van der Waals surface area contributed by atoms with Gasteiger partial charge in [-0.15, -0.1) is 11.3 Å². The third kappa shape index (κ3) is 3.54. The minimum absolute atomic E-state index is 0.182. The van der Waals surface area contributed by atoms with E-state index < -0.39 is 11.9 Å². The lowest BCUT2D eigenvalue weighted by atomic mass is 9.79. The first-order chi connectivity index (χ1) is 12.7. The van der Waals surface area contributed by atoms with Crippen LogP contribution in [0.2, 0.25) is 0 Å². The molecule has 1 fully saturated rings. The number of likely N-dealkylation sites (tertiary alicyclic amines) is 1. The van der Waals surface area contributed by atoms with Crippen molar-refractivity contribution in [2.45, 2.75) is 31.3 Å². The maximum Gasteiger partial charge on any atom is 0.308 e. The van der Waals surface area contributed by atoms with E-state index in [-0.39, 0.29) is 5.60 Å². The summed E-state index contributed by atoms with van der Waals surface area (Å²) in [6, 6.07) is 8.60. The average molecular weight is 372 g/mol. The number of ether oxygens (including phenoxy) is 1. The summed E-state index contributed by atoms with van der Waals surface area (Å²) in [5.41, 5.74) is 5.19. The number of hydrogen-bond acceptors (Lipinski definition) is 5. The molecule has 2 aromatic rings. The number of aromatic nitrogens is 1. The highest BCUT2D eigenvalue weighted by Gasteiger charge is 2.41. The minimum Gasteiger partial charge on any atom is -0.481 e. The van der Waals surface area contributed by atoms with Gasteiger partial charge in [0.15, 0.2) is 0 Å². The molecule has 0 amide bonds. The van der Waals surface area contributed by atoms with Crippen LogP contribution < -0.4 is 0 Å². The van der Waals surface area contributed by atoms with Crippen LogP contribution in [0.4, 0.5) is 0 Å². The van der Waals surface area contributed by atoms with Crippen LogP contribution in [0.25, 0.3) is 0 Å². The van der Waals surface area contributed by atoms with Gasteiger partial charge >= 0.3 is 5.97 Å². The van der Waals surface area contributed by atoms with Gasteiger partial charge in [-0.1, -0.05) is 24.3 Å². The number of fused-ring (bicyclic) bond motifs is 2. The molecule has 1 N–H and O–H groups in total. The Morgan fingerprint density at radius 3 is 2.88 bits per heavy atom. The van der Waals surface area contributed by atoms with Gasteiger partial charge in [0, 0.05) is 31.4 Å². The lowest BCUT2D eigenvalue weighted by molar-refractivity contribution is -0.143. The molecule has 0 saturated carbocycles. The number of rotatable bonds is 5. The Bertz CT molecular complexity index is 754. The fourth-order valence-electron chi connectivity index (χ4n) is 4.26. The van der Waals surface area contributed by atoms with Gasteiger partial charge in [0.2, 0.25) is 0 Å². The molecule has 138 valence electrons. The van der Waals surface area contributed by atoms with Crippen molar-refractivity contribution >= 4 is 17.3 Å². The van der Waals surface area contributed by atoms with Crippen molar-refractivity contribution in [2.24, 2.45) is 5.92 Å². The van der Waals surface area contributed by atoms with Crippen molar-refractivity contribution in [3.05, 3.63) is 52.0 Å². The maximum atomic E-state index is 11.7. The van der Waals surface area contributed by atoms with Crippen molar-refractivity contribution in [3.63, 3.8) is 0 Å². The topological polar surface area (TPSA) is 62.7 Å². The van der Waals surface area contributed by atoms with Crippen LogP contribution in [0.3, 0.4) is 0 Å². The second-order valence-corrected chi connectivity index (χ2v) is 7.99. The average Bonchev–Trinajstić information content (AvgIpc) is 3.17. The first-order valence-corrected chi connectivity index (χ1v) is 10.2. The fourth-order valence-corrected chi connectivity index (χ4v) is 4.83. The van der Waals surface area contributed by atoms with Gasteiger partial charge in [-0.25, -0.2) is 4.98 Å². The Hall–Kier alpha value is -1.76. The second-order valence-electron chi connectivity index (χ2n) is 7.27. The van der Waals surface area contributed by atoms with E-state index >= 15 is 0 Å². The Morgan fingerprint density at radius 1 is 1.35 bits per heavy atom. The summed E-state index contributed by atoms with van der Waals surface area (Å²) in [6.45, 7) is 3.09. The number of aliphatic carboxylic acids is 1. The Labute approximate surface area is 157 Å². The molecule has 5 nitrogen and oxygen atoms in total. The summed E-state index contributed by atoms with van der Waals surface area (Å²) in [5.74, 6) is -1.15. The first kappa shape index (κ1) is 17.6. The molecule has 1 atom stereocenters. The molecule has 1 aromatic carbocycles. The number of nitrogens with zero attached hydrogens (tertiary/aromatic N) is 2. The SMILES string of the molecule is O=C(O)C(Cc1cscn1)CN1CCC2(CC1)OCCc1ccccc12. The minimum atomic E-state index is -0.738. The van der Waals surface area contributed by atoms with Crippen molar-refractivity contribution in [1.82, 2.24) is 9.88 Å². The van der Waals surface area contributed by atoms with Crippen LogP contribution in [0.15, 0.2) is 35.2 Å². The van der Waals surface area contributed by atoms with Crippen LogP contribution in [0, 0.1) is 5.92 Å². The summed E-state index contributed by atoms with van der Waals surface area (Å²) in [4.78, 5) is 18.2. The third-order valence-electron chi connectivity index (χ3n) is 5.69. The van der Waals surface area contributed by atoms with E-state index in [4.69, 9.17) is 4.74 Å². The molecule has 1 aromatic heterocycles. The number of carboxylic acid groups (broad SMARTS) is 1. The highest BCUT2D eigenvalue weighted by Crippen LogP contribution is 2.41. The monoisotopic (exact) mass is 372 g/mol. The zero-order valence-corrected chi connectivity index (χ0v) is 15.6. The van der Waals surface area contributed by atoms with Crippen molar-refractivity contribution < 1.29 is 14.6 Å². The molecule has 3 heterocycles. The maximum absolute atomic E-state index is 11.7. The predicted octanol–water partition coefficient (Wildman–Crippen LogP) is 2.95. The van der Waals surface area contributed by atoms with Gasteiger partial charge in [0.1, 0.15) is 0 Å². The van der Waals surface area contributed by atoms with E-state index in [0.29, 0.717) is 13.0 Å². The number of hydrogen-bond donors (Lipinski definition) is 1. The standard InChI is InChI=1S/C20H24N2O3S/c23-19(24)16(11-17-13-26-14-21-17)12-22-8-6-20(7-9-22)18-4-2-1-3-15(18)5-10-25-20/h1-4,13-14,16H,5-12H2,(H,23,24). The number of piperidine rings is 1. The lowest BCUT2D eigenvalue weighted by Gasteiger charge is -2.45. The lowest BCUT2D eigenvalue weighted by Crippen LogP contribution is -2.48. The molecule has 6 heteroatoms. The van der Waals surface area contributed by atoms with Crippen LogP contribution in [-0.4, -0.2) is 47.2 Å². The van der Waals surface area contributed by atoms with Crippen molar-refractivity contribution in [3.8, 4) is 0 Å². The van der Waals surface area contributed by atoms with Gasteiger partial charge in [-0.05, 0) is 30.4 Å². The van der Waals surface area contributed by atoms with E-state index in [9.17, 15) is 9.90 Å². The van der Waals surface area contributed by atoms with Crippen molar-refractivity contribution in [2.75, 3.05) is 26.2 Å². The zero-order chi connectivity index (χ0) is 18.0. The third-order valence-corrected chi connectivity index (χ3v) is 6.32. The van der Waals surface area contributed by atoms with Gasteiger partial charge in [0.25, 0.3) is 0 Å². The quantitative estimate of drug-likeness (QED) is 0.874. The molecule has 26 heavy (non-hydrogen) atoms. The predicted molar refractivity (Wildman–Crippen MR) is 100 cm³/mol. The normalized spacial score (nSPS) is 20.6. The number of benzene rings is 1. The zero-order valence-electron chi connectivity index (χ0n) is 14.8. The summed E-state index contributed by atoms with van der Waals surface area (Å²) in [7, 11) is 0. The number of carbonyl (C=O) groups is 1. The van der Waals surface area contributed by atoms with Gasteiger partial charge in [0.05, 0.1) is 29.3 Å². The highest BCUT2D eigenvalue weighted by molar-refractivity contribution is 7.07. The molecule has 0 radical (unpaired) electrons. The fraction of sp³-hybridized carbons (Fsp3) is 0.500. The highest BCUT2D eigenvalue weighted by atomic mass is 32.1. The molecule has 0 aliphatic carbocycles. The van der Waals surface area contributed by atoms with Crippen molar-refractivity contribution in [1.29, 1.82) is 0 Å². The number of carboxylic acids is 1. The van der Waals surface area contributed by atoms with E-state index in [1.165, 1.54) is 22.5 Å². The molecule has 1 unspecified atom stereocenters. The molecule has 0 bridgehead atoms. The van der Waals surface area contributed by atoms with Crippen LogP contribution in [0.5, 0.6) is 0 Å². The molecule has 2 aliphatic heterocycles. The van der Waals surface area contributed by atoms with Gasteiger partial charge in [-0.2, -0.15) is 0 Å². The molecular formula is C20H24N2O3S. The van der Waals surface area contributed by atoms with Gasteiger partial charge in [-0.3, -0.25) is 4.79 Å². The summed E-state index contributed by atoms with van der Waals surface area (Å²) < 4.78 is 6.27. The summed E-state index contributed by atoms with van der Waals surface area (Å²) in [6.07, 6.45) is 3.33. The van der Waals surface area contributed by atoms with E-state index in [0.717, 1.165) is 44.7 Å². The Balaban J connectivity index is 1.41. The van der Waals surface area contributed by atoms with Crippen LogP contribution >= 0.6 is 11.3 Å². The van der Waals surface area contributed by atoms with E-state index in [2.05, 4.69) is 34.1 Å². The van der Waals surface area contributed by atoms with Crippen LogP contribution in [-0.2, 0) is 28.0 Å². The summed E-state index contributed by atoms with van der Waals surface area (Å²) in [5, 5.41) is 11.5. The summed E-state index contributed by atoms with van der Waals surface area (Å²) >= 11 is 1.51.